The Balaban J connectivity index is 1.86. The van der Waals surface area contributed by atoms with Gasteiger partial charge in [-0.2, -0.15) is 0 Å². The van der Waals surface area contributed by atoms with Gasteiger partial charge in [-0.25, -0.2) is 14.4 Å². The number of esters is 1. The largest absolute Gasteiger partial charge is 0.463 e. The van der Waals surface area contributed by atoms with Crippen LogP contribution in [-0.4, -0.2) is 84.6 Å². The molecule has 2 aliphatic rings. The number of carbonyl (C=O) groups excluding carboxylic acids is 3. The molecule has 0 bridgehead atoms. The molecule has 1 aromatic carbocycles. The molecule has 1 aromatic rings. The molecular formula is C27H41N5O4. The van der Waals surface area contributed by atoms with Crippen LogP contribution in [0, 0.1) is 0 Å². The Kier molecular flexibility index (Phi) is 8.66. The minimum atomic E-state index is -0.595. The van der Waals surface area contributed by atoms with Crippen LogP contribution in [0.25, 0.3) is 0 Å². The molecule has 1 saturated heterocycles. The van der Waals surface area contributed by atoms with Crippen LogP contribution in [-0.2, 0) is 9.53 Å². The number of ether oxygens (including phenoxy) is 1. The van der Waals surface area contributed by atoms with Gasteiger partial charge in [0.15, 0.2) is 0 Å². The number of hydrogen-bond donors (Lipinski definition) is 2. The van der Waals surface area contributed by atoms with Crippen molar-refractivity contribution >= 4 is 18.0 Å². The average Bonchev–Trinajstić information content (AvgIpc) is 2.81. The standard InChI is InChI=1S/C27H41N5O4/c1-8-36-24(33)22-21(17-31-13-15-32(16-14-31)26(35)29-27(4,5)6)30(7)25(34)28-23(22)20-11-9-19(10-12-20)18(2)3/h9-12,18,23H,8,13-17H2,1-7H3,(H,28,34)(H,29,35). The molecule has 0 aromatic heterocycles. The number of rotatable bonds is 6. The molecule has 0 aliphatic carbocycles. The summed E-state index contributed by atoms with van der Waals surface area (Å²) in [7, 11) is 1.68. The number of nitrogens with one attached hydrogen (secondary N) is 2. The average molecular weight is 500 g/mol. The summed E-state index contributed by atoms with van der Waals surface area (Å²) in [5, 5.41) is 5.99. The second kappa shape index (κ2) is 11.3. The maximum atomic E-state index is 13.2. The Morgan fingerprint density at radius 2 is 1.72 bits per heavy atom. The van der Waals surface area contributed by atoms with Gasteiger partial charge in [-0.15, -0.1) is 0 Å². The molecule has 4 amide bonds. The molecular weight excluding hydrogens is 458 g/mol. The zero-order valence-electron chi connectivity index (χ0n) is 22.7. The number of piperazine rings is 1. The Morgan fingerprint density at radius 3 is 2.25 bits per heavy atom. The normalized spacial score (nSPS) is 19.4. The number of benzene rings is 1. The van der Waals surface area contributed by atoms with Gasteiger partial charge in [0.25, 0.3) is 0 Å². The molecule has 1 atom stereocenters. The lowest BCUT2D eigenvalue weighted by atomic mass is 9.92. The summed E-state index contributed by atoms with van der Waals surface area (Å²) in [6.45, 7) is 15.0. The van der Waals surface area contributed by atoms with Crippen molar-refractivity contribution in [3.05, 3.63) is 46.7 Å². The Morgan fingerprint density at radius 1 is 1.11 bits per heavy atom. The van der Waals surface area contributed by atoms with Crippen molar-refractivity contribution in [1.29, 1.82) is 0 Å². The monoisotopic (exact) mass is 499 g/mol. The highest BCUT2D eigenvalue weighted by molar-refractivity contribution is 5.95. The highest BCUT2D eigenvalue weighted by Gasteiger charge is 2.38. The van der Waals surface area contributed by atoms with E-state index in [-0.39, 0.29) is 24.2 Å². The van der Waals surface area contributed by atoms with E-state index in [1.54, 1.807) is 18.9 Å². The van der Waals surface area contributed by atoms with Crippen molar-refractivity contribution < 1.29 is 19.1 Å². The van der Waals surface area contributed by atoms with Gasteiger partial charge in [-0.05, 0) is 44.7 Å². The molecule has 36 heavy (non-hydrogen) atoms. The van der Waals surface area contributed by atoms with Crippen LogP contribution in [0.1, 0.15) is 64.6 Å². The van der Waals surface area contributed by atoms with E-state index in [4.69, 9.17) is 4.74 Å². The first-order valence-corrected chi connectivity index (χ1v) is 12.7. The van der Waals surface area contributed by atoms with Gasteiger partial charge >= 0.3 is 18.0 Å². The minimum absolute atomic E-state index is 0.0763. The van der Waals surface area contributed by atoms with E-state index in [9.17, 15) is 14.4 Å². The molecule has 1 fully saturated rings. The number of amides is 4. The predicted molar refractivity (Wildman–Crippen MR) is 140 cm³/mol. The van der Waals surface area contributed by atoms with Crippen molar-refractivity contribution in [1.82, 2.24) is 25.3 Å². The lowest BCUT2D eigenvalue weighted by Crippen LogP contribution is -2.56. The first-order valence-electron chi connectivity index (χ1n) is 12.7. The third kappa shape index (κ3) is 6.57. The van der Waals surface area contributed by atoms with Gasteiger partial charge in [-0.3, -0.25) is 9.80 Å². The lowest BCUT2D eigenvalue weighted by molar-refractivity contribution is -0.139. The van der Waals surface area contributed by atoms with Crippen LogP contribution in [0.15, 0.2) is 35.5 Å². The van der Waals surface area contributed by atoms with Gasteiger partial charge in [-0.1, -0.05) is 38.1 Å². The fraction of sp³-hybridized carbons (Fsp3) is 0.593. The van der Waals surface area contributed by atoms with Gasteiger partial charge in [0.1, 0.15) is 0 Å². The van der Waals surface area contributed by atoms with E-state index in [0.717, 1.165) is 5.56 Å². The smallest absolute Gasteiger partial charge is 0.338 e. The van der Waals surface area contributed by atoms with E-state index in [0.29, 0.717) is 49.9 Å². The van der Waals surface area contributed by atoms with E-state index < -0.39 is 12.0 Å². The molecule has 3 rings (SSSR count). The quantitative estimate of drug-likeness (QED) is 0.585. The van der Waals surface area contributed by atoms with Gasteiger partial charge in [0.2, 0.25) is 0 Å². The van der Waals surface area contributed by atoms with Crippen molar-refractivity contribution in [2.45, 2.75) is 59.0 Å². The van der Waals surface area contributed by atoms with Gasteiger partial charge in [0.05, 0.1) is 18.2 Å². The van der Waals surface area contributed by atoms with E-state index in [2.05, 4.69) is 29.4 Å². The SMILES string of the molecule is CCOC(=O)C1=C(CN2CCN(C(=O)NC(C)(C)C)CC2)N(C)C(=O)NC1c1ccc(C(C)C)cc1. The molecule has 0 spiro atoms. The van der Waals surface area contributed by atoms with Crippen LogP contribution in [0.4, 0.5) is 9.59 Å². The minimum Gasteiger partial charge on any atom is -0.463 e. The number of nitrogens with zero attached hydrogens (tertiary/aromatic N) is 3. The summed E-state index contributed by atoms with van der Waals surface area (Å²) >= 11 is 0. The Labute approximate surface area is 214 Å². The van der Waals surface area contributed by atoms with Crippen LogP contribution in [0.5, 0.6) is 0 Å². The molecule has 2 aliphatic heterocycles. The zero-order valence-corrected chi connectivity index (χ0v) is 22.7. The summed E-state index contributed by atoms with van der Waals surface area (Å²) in [6.07, 6.45) is 0. The number of likely N-dealkylation sites (N-methyl/N-ethyl adjacent to an activating group) is 1. The fourth-order valence-corrected chi connectivity index (χ4v) is 4.44. The number of hydrogen-bond acceptors (Lipinski definition) is 5. The van der Waals surface area contributed by atoms with E-state index in [1.807, 2.05) is 45.0 Å². The first kappa shape index (κ1) is 27.5. The molecule has 2 N–H and O–H groups in total. The zero-order chi connectivity index (χ0) is 26.6. The summed E-state index contributed by atoms with van der Waals surface area (Å²) in [4.78, 5) is 44.2. The van der Waals surface area contributed by atoms with Crippen LogP contribution in [0.3, 0.4) is 0 Å². The van der Waals surface area contributed by atoms with Crippen molar-refractivity contribution in [2.24, 2.45) is 0 Å². The van der Waals surface area contributed by atoms with Crippen molar-refractivity contribution in [2.75, 3.05) is 46.4 Å². The summed E-state index contributed by atoms with van der Waals surface area (Å²) < 4.78 is 5.44. The highest BCUT2D eigenvalue weighted by atomic mass is 16.5. The second-order valence-electron chi connectivity index (χ2n) is 10.8. The molecule has 9 nitrogen and oxygen atoms in total. The first-order chi connectivity index (χ1) is 16.9. The lowest BCUT2D eigenvalue weighted by Gasteiger charge is -2.40. The molecule has 2 heterocycles. The Hall–Kier alpha value is -3.07. The summed E-state index contributed by atoms with van der Waals surface area (Å²) in [5.74, 6) is -0.0496. The highest BCUT2D eigenvalue weighted by Crippen LogP contribution is 2.32. The number of urea groups is 2. The molecule has 0 radical (unpaired) electrons. The van der Waals surface area contributed by atoms with Gasteiger partial charge in [0, 0.05) is 51.0 Å². The predicted octanol–water partition coefficient (Wildman–Crippen LogP) is 3.45. The topological polar surface area (TPSA) is 94.2 Å². The fourth-order valence-electron chi connectivity index (χ4n) is 4.44. The molecule has 1 unspecified atom stereocenters. The maximum absolute atomic E-state index is 13.2. The maximum Gasteiger partial charge on any atom is 0.338 e. The van der Waals surface area contributed by atoms with Crippen LogP contribution >= 0.6 is 0 Å². The second-order valence-corrected chi connectivity index (χ2v) is 10.8. The molecule has 0 saturated carbocycles. The van der Waals surface area contributed by atoms with Crippen molar-refractivity contribution in [3.63, 3.8) is 0 Å². The number of carbonyl (C=O) groups is 3. The van der Waals surface area contributed by atoms with Crippen LogP contribution in [0.2, 0.25) is 0 Å². The third-order valence-corrected chi connectivity index (χ3v) is 6.52. The molecule has 198 valence electrons. The summed E-state index contributed by atoms with van der Waals surface area (Å²) in [5.41, 5.74) is 2.80. The van der Waals surface area contributed by atoms with Crippen molar-refractivity contribution in [3.8, 4) is 0 Å². The molecule has 9 heteroatoms. The van der Waals surface area contributed by atoms with Gasteiger partial charge < -0.3 is 20.3 Å². The van der Waals surface area contributed by atoms with E-state index >= 15 is 0 Å². The summed E-state index contributed by atoms with van der Waals surface area (Å²) in [6, 6.07) is 7.07. The Bertz CT molecular complexity index is 988. The van der Waals surface area contributed by atoms with Crippen LogP contribution < -0.4 is 10.6 Å². The van der Waals surface area contributed by atoms with E-state index in [1.165, 1.54) is 10.5 Å². The third-order valence-electron chi connectivity index (χ3n) is 6.52.